The smallest absolute Gasteiger partial charge is 0.333 e. The first-order chi connectivity index (χ1) is 21.2. The summed E-state index contributed by atoms with van der Waals surface area (Å²) in [6.45, 7) is 12.9. The second kappa shape index (κ2) is 20.6. The van der Waals surface area contributed by atoms with Crippen molar-refractivity contribution < 1.29 is 39.4 Å². The normalized spacial score (nSPS) is 25.2. The summed E-state index contributed by atoms with van der Waals surface area (Å²) in [5.41, 5.74) is 4.11. The summed E-state index contributed by atoms with van der Waals surface area (Å²) in [6, 6.07) is 0. The van der Waals surface area contributed by atoms with E-state index in [4.69, 9.17) is 9.47 Å². The van der Waals surface area contributed by atoms with Gasteiger partial charge in [0.15, 0.2) is 6.29 Å². The monoisotopic (exact) mass is 624 g/mol. The summed E-state index contributed by atoms with van der Waals surface area (Å²) in [5, 5.41) is 39.5. The van der Waals surface area contributed by atoms with Crippen LogP contribution in [0.25, 0.3) is 0 Å². The van der Waals surface area contributed by atoms with Gasteiger partial charge in [0.05, 0.1) is 19.3 Å². The second-order valence-corrected chi connectivity index (χ2v) is 11.6. The molecule has 4 N–H and O–H groups in total. The Morgan fingerprint density at radius 1 is 0.711 bits per heavy atom. The van der Waals surface area contributed by atoms with Gasteiger partial charge in [-0.25, -0.2) is 4.79 Å². The predicted molar refractivity (Wildman–Crippen MR) is 180 cm³/mol. The SMILES string of the molecule is COC(=O)C(C)=CC=CC(C)=CC=CC(C)=CC=CC=C(C)C=CC=C(C)C=CCC(C)(C)OC1OC(CO)C(O)C(O)C1O. The van der Waals surface area contributed by atoms with Gasteiger partial charge in [-0.05, 0) is 54.9 Å². The molecule has 1 saturated heterocycles. The van der Waals surface area contributed by atoms with Gasteiger partial charge in [0.1, 0.15) is 24.4 Å². The number of aliphatic hydroxyl groups is 4. The molecule has 1 fully saturated rings. The summed E-state index contributed by atoms with van der Waals surface area (Å²) in [7, 11) is 1.36. The van der Waals surface area contributed by atoms with Gasteiger partial charge in [0.2, 0.25) is 0 Å². The first-order valence-corrected chi connectivity index (χ1v) is 15.0. The number of rotatable bonds is 15. The fourth-order valence-corrected chi connectivity index (χ4v) is 3.97. The topological polar surface area (TPSA) is 126 Å². The maximum Gasteiger partial charge on any atom is 0.333 e. The molecule has 5 atom stereocenters. The fraction of sp³-hybridized carbons (Fsp3) is 0.432. The average Bonchev–Trinajstić information content (AvgIpc) is 2.98. The van der Waals surface area contributed by atoms with Gasteiger partial charge in [-0.15, -0.1) is 0 Å². The number of hydrogen-bond acceptors (Lipinski definition) is 8. The molecule has 0 saturated carbocycles. The van der Waals surface area contributed by atoms with Crippen molar-refractivity contribution in [2.24, 2.45) is 0 Å². The molecule has 1 rings (SSSR count). The van der Waals surface area contributed by atoms with Crippen LogP contribution < -0.4 is 0 Å². The van der Waals surface area contributed by atoms with Crippen molar-refractivity contribution in [3.63, 3.8) is 0 Å². The molecule has 5 unspecified atom stereocenters. The molecule has 0 amide bonds. The maximum absolute atomic E-state index is 11.4. The number of esters is 1. The number of allylic oxidation sites excluding steroid dienone is 18. The van der Waals surface area contributed by atoms with E-state index in [1.165, 1.54) is 7.11 Å². The molecule has 1 aliphatic rings. The third-order valence-electron chi connectivity index (χ3n) is 6.75. The molecule has 248 valence electrons. The number of carbonyl (C=O) groups excluding carboxylic acids is 1. The predicted octanol–water partition coefficient (Wildman–Crippen LogP) is 5.66. The van der Waals surface area contributed by atoms with Crippen LogP contribution in [-0.4, -0.2) is 76.4 Å². The molecule has 0 aliphatic carbocycles. The highest BCUT2D eigenvalue weighted by Gasteiger charge is 2.45. The number of methoxy groups -OCH3 is 1. The van der Waals surface area contributed by atoms with E-state index in [0.29, 0.717) is 12.0 Å². The lowest BCUT2D eigenvalue weighted by molar-refractivity contribution is -0.322. The Balaban J connectivity index is 2.59. The van der Waals surface area contributed by atoms with Gasteiger partial charge in [0, 0.05) is 5.57 Å². The highest BCUT2D eigenvalue weighted by atomic mass is 16.7. The molecule has 1 aliphatic heterocycles. The van der Waals surface area contributed by atoms with Gasteiger partial charge in [-0.2, -0.15) is 0 Å². The summed E-state index contributed by atoms with van der Waals surface area (Å²) < 4.78 is 16.0. The lowest BCUT2D eigenvalue weighted by Crippen LogP contribution is -2.60. The Hall–Kier alpha value is -3.37. The van der Waals surface area contributed by atoms with E-state index in [1.807, 2.05) is 127 Å². The zero-order valence-corrected chi connectivity index (χ0v) is 27.9. The molecule has 0 aromatic heterocycles. The second-order valence-electron chi connectivity index (χ2n) is 11.6. The Morgan fingerprint density at radius 3 is 1.67 bits per heavy atom. The quantitative estimate of drug-likeness (QED) is 0.105. The fourth-order valence-electron chi connectivity index (χ4n) is 3.97. The lowest BCUT2D eigenvalue weighted by Gasteiger charge is -2.42. The van der Waals surface area contributed by atoms with Crippen molar-refractivity contribution in [3.05, 3.63) is 119 Å². The lowest BCUT2D eigenvalue weighted by atomic mass is 9.98. The van der Waals surface area contributed by atoms with Crippen LogP contribution in [0.3, 0.4) is 0 Å². The van der Waals surface area contributed by atoms with Crippen LogP contribution in [-0.2, 0) is 19.0 Å². The molecule has 8 nitrogen and oxygen atoms in total. The van der Waals surface area contributed by atoms with Crippen molar-refractivity contribution in [2.45, 2.75) is 91.2 Å². The van der Waals surface area contributed by atoms with Crippen LogP contribution in [0, 0.1) is 0 Å². The van der Waals surface area contributed by atoms with Crippen molar-refractivity contribution >= 4 is 5.97 Å². The number of hydrogen-bond donors (Lipinski definition) is 4. The highest BCUT2D eigenvalue weighted by molar-refractivity contribution is 5.87. The first-order valence-electron chi connectivity index (χ1n) is 15.0. The number of aliphatic hydroxyl groups excluding tert-OH is 4. The molecule has 8 heteroatoms. The van der Waals surface area contributed by atoms with Gasteiger partial charge >= 0.3 is 5.97 Å². The Bertz CT molecular complexity index is 1250. The molecule has 0 radical (unpaired) electrons. The van der Waals surface area contributed by atoms with Crippen LogP contribution in [0.4, 0.5) is 0 Å². The standard InChI is InChI=1S/C37H52O8/c1-26(17-11-19-28(3)21-13-23-30(5)35(42)43-8)15-9-10-16-27(2)18-12-20-29(4)22-14-24-37(6,7)45-36-34(41)33(40)32(39)31(25-38)44-36/h9-23,31-34,36,38-41H,24-25H2,1-8H3. The summed E-state index contributed by atoms with van der Waals surface area (Å²) in [5.74, 6) is -0.337. The number of carbonyl (C=O) groups is 1. The maximum atomic E-state index is 11.4. The average molecular weight is 625 g/mol. The molecular formula is C37H52O8. The Kier molecular flexibility index (Phi) is 18.2. The van der Waals surface area contributed by atoms with Crippen LogP contribution in [0.5, 0.6) is 0 Å². The third kappa shape index (κ3) is 16.0. The zero-order valence-electron chi connectivity index (χ0n) is 27.9. The minimum Gasteiger partial charge on any atom is -0.466 e. The van der Waals surface area contributed by atoms with Crippen LogP contribution in [0.2, 0.25) is 0 Å². The van der Waals surface area contributed by atoms with Gasteiger partial charge in [-0.1, -0.05) is 113 Å². The van der Waals surface area contributed by atoms with E-state index in [1.54, 1.807) is 13.0 Å². The molecular weight excluding hydrogens is 572 g/mol. The van der Waals surface area contributed by atoms with E-state index in [-0.39, 0.29) is 5.97 Å². The molecule has 0 aromatic rings. The van der Waals surface area contributed by atoms with Gasteiger partial charge in [0.25, 0.3) is 0 Å². The molecule has 0 bridgehead atoms. The minimum atomic E-state index is -1.47. The summed E-state index contributed by atoms with van der Waals surface area (Å²) >= 11 is 0. The molecule has 45 heavy (non-hydrogen) atoms. The van der Waals surface area contributed by atoms with E-state index in [0.717, 1.165) is 22.3 Å². The Morgan fingerprint density at radius 2 is 1.18 bits per heavy atom. The van der Waals surface area contributed by atoms with E-state index >= 15 is 0 Å². The molecule has 1 heterocycles. The summed E-state index contributed by atoms with van der Waals surface area (Å²) in [4.78, 5) is 11.4. The zero-order chi connectivity index (χ0) is 34.0. The molecule has 0 aromatic carbocycles. The van der Waals surface area contributed by atoms with Crippen molar-refractivity contribution in [1.82, 2.24) is 0 Å². The minimum absolute atomic E-state index is 0.337. The van der Waals surface area contributed by atoms with Crippen molar-refractivity contribution in [3.8, 4) is 0 Å². The molecule has 0 spiro atoms. The number of ether oxygens (including phenoxy) is 3. The van der Waals surface area contributed by atoms with Gasteiger partial charge < -0.3 is 34.6 Å². The van der Waals surface area contributed by atoms with E-state index < -0.39 is 42.9 Å². The van der Waals surface area contributed by atoms with Crippen LogP contribution in [0.15, 0.2) is 119 Å². The third-order valence-corrected chi connectivity index (χ3v) is 6.75. The van der Waals surface area contributed by atoms with E-state index in [2.05, 4.69) is 4.74 Å². The largest absolute Gasteiger partial charge is 0.466 e. The first kappa shape index (κ1) is 39.7. The highest BCUT2D eigenvalue weighted by Crippen LogP contribution is 2.27. The summed E-state index contributed by atoms with van der Waals surface area (Å²) in [6.07, 6.45) is 23.5. The van der Waals surface area contributed by atoms with Gasteiger partial charge in [-0.3, -0.25) is 0 Å². The van der Waals surface area contributed by atoms with Crippen LogP contribution in [0.1, 0.15) is 54.9 Å². The van der Waals surface area contributed by atoms with Crippen LogP contribution >= 0.6 is 0 Å². The van der Waals surface area contributed by atoms with E-state index in [9.17, 15) is 25.2 Å². The Labute approximate surface area is 269 Å². The van der Waals surface area contributed by atoms with Crippen molar-refractivity contribution in [2.75, 3.05) is 13.7 Å². The van der Waals surface area contributed by atoms with Crippen molar-refractivity contribution in [1.29, 1.82) is 0 Å².